The van der Waals surface area contributed by atoms with Crippen LogP contribution in [0.25, 0.3) is 0 Å². The molecule has 0 aliphatic rings. The number of alkyl halides is 3. The van der Waals surface area contributed by atoms with Crippen LogP contribution in [0.4, 0.5) is 13.2 Å². The lowest BCUT2D eigenvalue weighted by molar-refractivity contribution is -0.188. The first-order valence-electron chi connectivity index (χ1n) is 4.27. The molecule has 0 amide bonds. The molecule has 0 spiro atoms. The predicted octanol–water partition coefficient (Wildman–Crippen LogP) is 1.89. The topological polar surface area (TPSA) is 52.3 Å². The number of carbonyl (C=O) groups is 1. The zero-order valence-electron chi connectivity index (χ0n) is 8.50. The Kier molecular flexibility index (Phi) is 7.78. The van der Waals surface area contributed by atoms with E-state index >= 15 is 0 Å². The largest absolute Gasteiger partial charge is 0.466 e. The van der Waals surface area contributed by atoms with Crippen molar-refractivity contribution in [3.05, 3.63) is 0 Å². The summed E-state index contributed by atoms with van der Waals surface area (Å²) in [4.78, 5) is 10.8. The van der Waals surface area contributed by atoms with Crippen molar-refractivity contribution in [1.82, 2.24) is 0 Å². The highest BCUT2D eigenvalue weighted by atomic mass is 35.5. The van der Waals surface area contributed by atoms with E-state index < -0.39 is 30.5 Å². The predicted molar refractivity (Wildman–Crippen MR) is 51.7 cm³/mol. The fourth-order valence-electron chi connectivity index (χ4n) is 0.999. The first-order valence-corrected chi connectivity index (χ1v) is 4.27. The van der Waals surface area contributed by atoms with Gasteiger partial charge in [0.2, 0.25) is 0 Å². The summed E-state index contributed by atoms with van der Waals surface area (Å²) in [6.45, 7) is 2.83. The molecule has 0 fully saturated rings. The van der Waals surface area contributed by atoms with E-state index in [1.165, 1.54) is 13.8 Å². The molecular formula is C8H15ClF3NO2. The van der Waals surface area contributed by atoms with Crippen molar-refractivity contribution < 1.29 is 22.7 Å². The minimum atomic E-state index is -4.46. The monoisotopic (exact) mass is 249 g/mol. The van der Waals surface area contributed by atoms with Gasteiger partial charge < -0.3 is 10.5 Å². The van der Waals surface area contributed by atoms with E-state index in [9.17, 15) is 18.0 Å². The third-order valence-electron chi connectivity index (χ3n) is 1.75. The summed E-state index contributed by atoms with van der Waals surface area (Å²) >= 11 is 0. The van der Waals surface area contributed by atoms with Gasteiger partial charge in [-0.15, -0.1) is 12.4 Å². The molecule has 92 valence electrons. The number of hydrogen-bond donors (Lipinski definition) is 1. The lowest BCUT2D eigenvalue weighted by Crippen LogP contribution is -2.39. The lowest BCUT2D eigenvalue weighted by Gasteiger charge is -2.22. The molecule has 2 unspecified atom stereocenters. The molecule has 0 radical (unpaired) electrons. The molecule has 0 aromatic heterocycles. The van der Waals surface area contributed by atoms with Gasteiger partial charge in [0.25, 0.3) is 0 Å². The molecule has 0 saturated carbocycles. The normalized spacial score (nSPS) is 15.1. The highest BCUT2D eigenvalue weighted by Crippen LogP contribution is 2.30. The van der Waals surface area contributed by atoms with Crippen molar-refractivity contribution in [2.45, 2.75) is 32.5 Å². The van der Waals surface area contributed by atoms with Gasteiger partial charge in [-0.2, -0.15) is 13.2 Å². The van der Waals surface area contributed by atoms with Crippen LogP contribution >= 0.6 is 12.4 Å². The van der Waals surface area contributed by atoms with Gasteiger partial charge in [0.1, 0.15) is 0 Å². The van der Waals surface area contributed by atoms with Crippen LogP contribution < -0.4 is 5.73 Å². The molecule has 2 atom stereocenters. The Bertz CT molecular complexity index is 197. The third kappa shape index (κ3) is 6.57. The molecule has 7 heteroatoms. The molecule has 0 aliphatic heterocycles. The Labute approximate surface area is 92.6 Å². The molecule has 0 saturated heterocycles. The van der Waals surface area contributed by atoms with Crippen LogP contribution in [-0.2, 0) is 9.53 Å². The molecule has 0 aliphatic carbocycles. The van der Waals surface area contributed by atoms with Gasteiger partial charge in [0.05, 0.1) is 18.9 Å². The quantitative estimate of drug-likeness (QED) is 0.774. The smallest absolute Gasteiger partial charge is 0.393 e. The van der Waals surface area contributed by atoms with Crippen LogP contribution in [0.1, 0.15) is 20.3 Å². The van der Waals surface area contributed by atoms with Gasteiger partial charge in [0.15, 0.2) is 0 Å². The van der Waals surface area contributed by atoms with Crippen molar-refractivity contribution in [2.75, 3.05) is 6.61 Å². The van der Waals surface area contributed by atoms with Crippen molar-refractivity contribution in [2.24, 2.45) is 11.7 Å². The van der Waals surface area contributed by atoms with Crippen LogP contribution in [0, 0.1) is 5.92 Å². The van der Waals surface area contributed by atoms with E-state index in [0.717, 1.165) is 0 Å². The summed E-state index contributed by atoms with van der Waals surface area (Å²) in [5.41, 5.74) is 5.14. The second-order valence-corrected chi connectivity index (χ2v) is 3.02. The van der Waals surface area contributed by atoms with E-state index in [0.29, 0.717) is 0 Å². The van der Waals surface area contributed by atoms with E-state index in [1.807, 2.05) is 0 Å². The summed E-state index contributed by atoms with van der Waals surface area (Å²) in [6, 6.07) is -1.11. The highest BCUT2D eigenvalue weighted by molar-refractivity contribution is 5.85. The maximum absolute atomic E-state index is 12.3. The van der Waals surface area contributed by atoms with E-state index in [2.05, 4.69) is 4.74 Å². The average Bonchev–Trinajstić information content (AvgIpc) is 1.98. The van der Waals surface area contributed by atoms with Crippen LogP contribution in [-0.4, -0.2) is 24.8 Å². The van der Waals surface area contributed by atoms with E-state index in [-0.39, 0.29) is 19.0 Å². The van der Waals surface area contributed by atoms with Crippen LogP contribution in [0.5, 0.6) is 0 Å². The molecule has 0 heterocycles. The Morgan fingerprint density at radius 1 is 1.47 bits per heavy atom. The maximum Gasteiger partial charge on any atom is 0.393 e. The number of rotatable bonds is 4. The molecular weight excluding hydrogens is 235 g/mol. The zero-order chi connectivity index (χ0) is 11.4. The molecule has 0 aromatic rings. The summed E-state index contributed by atoms with van der Waals surface area (Å²) in [5.74, 6) is -2.70. The second kappa shape index (κ2) is 6.90. The van der Waals surface area contributed by atoms with Crippen molar-refractivity contribution in [1.29, 1.82) is 0 Å². The molecule has 0 aromatic carbocycles. The fraction of sp³-hybridized carbons (Fsp3) is 0.875. The third-order valence-corrected chi connectivity index (χ3v) is 1.75. The highest BCUT2D eigenvalue weighted by Gasteiger charge is 2.43. The van der Waals surface area contributed by atoms with Gasteiger partial charge >= 0.3 is 12.1 Å². The van der Waals surface area contributed by atoms with Crippen LogP contribution in [0.15, 0.2) is 0 Å². The average molecular weight is 250 g/mol. The van der Waals surface area contributed by atoms with Gasteiger partial charge in [-0.1, -0.05) is 0 Å². The second-order valence-electron chi connectivity index (χ2n) is 3.02. The first-order chi connectivity index (χ1) is 6.29. The minimum Gasteiger partial charge on any atom is -0.466 e. The van der Waals surface area contributed by atoms with E-state index in [1.54, 1.807) is 0 Å². The zero-order valence-corrected chi connectivity index (χ0v) is 9.32. The van der Waals surface area contributed by atoms with Gasteiger partial charge in [-0.3, -0.25) is 4.79 Å². The number of esters is 1. The number of ether oxygens (including phenoxy) is 1. The van der Waals surface area contributed by atoms with Crippen LogP contribution in [0.3, 0.4) is 0 Å². The van der Waals surface area contributed by atoms with Crippen molar-refractivity contribution in [3.8, 4) is 0 Å². The minimum absolute atomic E-state index is 0. The molecule has 15 heavy (non-hydrogen) atoms. The first kappa shape index (κ1) is 16.9. The van der Waals surface area contributed by atoms with E-state index in [4.69, 9.17) is 5.73 Å². The Morgan fingerprint density at radius 3 is 2.20 bits per heavy atom. The SMILES string of the molecule is CCOC(=O)CC(C(C)N)C(F)(F)F.Cl. The lowest BCUT2D eigenvalue weighted by atomic mass is 9.98. The van der Waals surface area contributed by atoms with Crippen LogP contribution in [0.2, 0.25) is 0 Å². The Balaban J connectivity index is 0. The van der Waals surface area contributed by atoms with Crippen molar-refractivity contribution >= 4 is 18.4 Å². The van der Waals surface area contributed by atoms with Crippen molar-refractivity contribution in [3.63, 3.8) is 0 Å². The summed E-state index contributed by atoms with van der Waals surface area (Å²) in [6.07, 6.45) is -5.17. The summed E-state index contributed by atoms with van der Waals surface area (Å²) in [7, 11) is 0. The number of carbonyl (C=O) groups excluding carboxylic acids is 1. The molecule has 0 bridgehead atoms. The van der Waals surface area contributed by atoms with Gasteiger partial charge in [0, 0.05) is 6.04 Å². The Hall–Kier alpha value is -0.490. The van der Waals surface area contributed by atoms with Gasteiger partial charge in [-0.05, 0) is 13.8 Å². The Morgan fingerprint density at radius 2 is 1.93 bits per heavy atom. The standard InChI is InChI=1S/C8H14F3NO2.ClH/c1-3-14-7(13)4-6(5(2)12)8(9,10)11;/h5-6H,3-4,12H2,1-2H3;1H. The summed E-state index contributed by atoms with van der Waals surface area (Å²) < 4.78 is 41.3. The molecule has 0 rings (SSSR count). The maximum atomic E-state index is 12.3. The fourth-order valence-corrected chi connectivity index (χ4v) is 0.999. The number of hydrogen-bond acceptors (Lipinski definition) is 3. The number of nitrogens with two attached hydrogens (primary N) is 1. The molecule has 2 N–H and O–H groups in total. The summed E-state index contributed by atoms with van der Waals surface area (Å²) in [5, 5.41) is 0. The number of halogens is 4. The van der Waals surface area contributed by atoms with Gasteiger partial charge in [-0.25, -0.2) is 0 Å². The molecule has 3 nitrogen and oxygen atoms in total.